The number of aromatic hydroxyl groups is 1. The number of halogens is 3. The molecule has 8 nitrogen and oxygen atoms in total. The van der Waals surface area contributed by atoms with E-state index in [0.717, 1.165) is 35.6 Å². The first-order chi connectivity index (χ1) is 14.5. The van der Waals surface area contributed by atoms with Gasteiger partial charge >= 0.3 is 6.09 Å². The molecule has 0 saturated heterocycles. The lowest BCUT2D eigenvalue weighted by Crippen LogP contribution is -2.36. The maximum absolute atomic E-state index is 14.8. The van der Waals surface area contributed by atoms with E-state index >= 15 is 0 Å². The molecular formula is C18H14ClF2N3O5S2. The number of hydrogen-bond donors (Lipinski definition) is 3. The minimum atomic E-state index is -4.89. The van der Waals surface area contributed by atoms with E-state index < -0.39 is 44.5 Å². The Morgan fingerprint density at radius 2 is 1.97 bits per heavy atom. The van der Waals surface area contributed by atoms with Gasteiger partial charge in [-0.1, -0.05) is 11.6 Å². The number of phenols is 1. The zero-order valence-electron chi connectivity index (χ0n) is 15.6. The van der Waals surface area contributed by atoms with Crippen molar-refractivity contribution in [1.29, 1.82) is 0 Å². The van der Waals surface area contributed by atoms with Gasteiger partial charge in [-0.2, -0.15) is 0 Å². The summed E-state index contributed by atoms with van der Waals surface area (Å²) in [6.07, 6.45) is -1.88. The highest BCUT2D eigenvalue weighted by atomic mass is 35.5. The lowest BCUT2D eigenvalue weighted by molar-refractivity contribution is 0.206. The van der Waals surface area contributed by atoms with E-state index in [0.29, 0.717) is 0 Å². The van der Waals surface area contributed by atoms with Crippen molar-refractivity contribution < 1.29 is 32.2 Å². The first-order valence-electron chi connectivity index (χ1n) is 8.42. The highest BCUT2D eigenvalue weighted by Gasteiger charge is 2.35. The average Bonchev–Trinajstić information content (AvgIpc) is 3.19. The van der Waals surface area contributed by atoms with E-state index in [1.807, 2.05) is 0 Å². The zero-order valence-corrected chi connectivity index (χ0v) is 18.0. The van der Waals surface area contributed by atoms with Crippen LogP contribution in [0.1, 0.15) is 18.5 Å². The Hall–Kier alpha value is -2.96. The molecule has 164 valence electrons. The Balaban J connectivity index is 1.98. The summed E-state index contributed by atoms with van der Waals surface area (Å²) in [7, 11) is -4.89. The summed E-state index contributed by atoms with van der Waals surface area (Å²) in [6, 6.07) is 4.12. The Labute approximate surface area is 184 Å². The van der Waals surface area contributed by atoms with Gasteiger partial charge in [0.2, 0.25) is 0 Å². The largest absolute Gasteiger partial charge is 0.508 e. The lowest BCUT2D eigenvalue weighted by Gasteiger charge is -2.20. The third-order valence-corrected chi connectivity index (χ3v) is 6.74. The number of benzene rings is 2. The number of anilines is 2. The second kappa shape index (κ2) is 8.65. The number of thiazole rings is 1. The summed E-state index contributed by atoms with van der Waals surface area (Å²) in [5.74, 6) is -2.51. The van der Waals surface area contributed by atoms with Crippen molar-refractivity contribution in [2.45, 2.75) is 17.9 Å². The number of sulfonamides is 1. The normalized spacial score (nSPS) is 12.4. The molecule has 0 aliphatic heterocycles. The molecule has 3 rings (SSSR count). The number of carboxylic acid groups (broad SMARTS) is 1. The van der Waals surface area contributed by atoms with E-state index in [1.165, 1.54) is 23.9 Å². The monoisotopic (exact) mass is 489 g/mol. The van der Waals surface area contributed by atoms with Gasteiger partial charge in [0.25, 0.3) is 10.0 Å². The number of rotatable bonds is 6. The molecule has 2 aromatic carbocycles. The molecule has 1 amide bonds. The number of nitrogens with zero attached hydrogens (tertiary/aromatic N) is 2. The van der Waals surface area contributed by atoms with Gasteiger partial charge in [-0.25, -0.2) is 27.0 Å². The van der Waals surface area contributed by atoms with Crippen LogP contribution in [0.25, 0.3) is 0 Å². The van der Waals surface area contributed by atoms with Gasteiger partial charge in [-0.15, -0.1) is 15.6 Å². The standard InChI is InChI=1S/C18H14ClF2N3O5S2/c1-9(11-4-10(25)2-3-13(11)20)23-15-6-14(21)16(5-12(15)19)31(28,29)24(18(26)27)17-7-30-8-22-17/h2-9,23,25H,1H3,(H,26,27). The van der Waals surface area contributed by atoms with Crippen LogP contribution >= 0.6 is 22.9 Å². The molecule has 0 bridgehead atoms. The molecule has 0 aliphatic carbocycles. The van der Waals surface area contributed by atoms with Crippen molar-refractivity contribution in [3.8, 4) is 5.75 Å². The molecule has 1 unspecified atom stereocenters. The predicted octanol–water partition coefficient (Wildman–Crippen LogP) is 4.83. The fourth-order valence-corrected chi connectivity index (χ4v) is 4.93. The maximum atomic E-state index is 14.8. The number of phenolic OH excluding ortho intramolecular Hbond substituents is 1. The molecule has 0 aliphatic rings. The first kappa shape index (κ1) is 22.7. The van der Waals surface area contributed by atoms with Gasteiger partial charge in [0, 0.05) is 10.9 Å². The molecule has 0 fully saturated rings. The van der Waals surface area contributed by atoms with Crippen molar-refractivity contribution in [2.75, 3.05) is 9.62 Å². The Kier molecular flexibility index (Phi) is 6.34. The van der Waals surface area contributed by atoms with Gasteiger partial charge in [0.05, 0.1) is 22.3 Å². The summed E-state index contributed by atoms with van der Waals surface area (Å²) in [5.41, 5.74) is 1.22. The Bertz CT molecular complexity index is 1240. The van der Waals surface area contributed by atoms with Crippen LogP contribution < -0.4 is 9.62 Å². The van der Waals surface area contributed by atoms with Crippen molar-refractivity contribution >= 4 is 50.6 Å². The maximum Gasteiger partial charge on any atom is 0.427 e. The summed E-state index contributed by atoms with van der Waals surface area (Å²) < 4.78 is 54.3. The SMILES string of the molecule is CC(Nc1cc(F)c(S(=O)(=O)N(C(=O)O)c2cscn2)cc1Cl)c1cc(O)ccc1F. The highest BCUT2D eigenvalue weighted by molar-refractivity contribution is 7.93. The van der Waals surface area contributed by atoms with Gasteiger partial charge in [-0.3, -0.25) is 0 Å². The van der Waals surface area contributed by atoms with Gasteiger partial charge < -0.3 is 15.5 Å². The van der Waals surface area contributed by atoms with E-state index in [4.69, 9.17) is 11.6 Å². The zero-order chi connectivity index (χ0) is 22.9. The summed E-state index contributed by atoms with van der Waals surface area (Å²) in [4.78, 5) is 14.2. The number of amides is 1. The number of carbonyl (C=O) groups is 1. The van der Waals surface area contributed by atoms with Crippen molar-refractivity contribution in [2.24, 2.45) is 0 Å². The molecule has 1 heterocycles. The average molecular weight is 490 g/mol. The predicted molar refractivity (Wildman–Crippen MR) is 111 cm³/mol. The molecule has 0 spiro atoms. The molecule has 0 saturated carbocycles. The van der Waals surface area contributed by atoms with Gasteiger partial charge in [-0.05, 0) is 37.3 Å². The Morgan fingerprint density at radius 1 is 1.26 bits per heavy atom. The lowest BCUT2D eigenvalue weighted by atomic mass is 10.1. The summed E-state index contributed by atoms with van der Waals surface area (Å²) in [5, 5.41) is 22.5. The van der Waals surface area contributed by atoms with Crippen LogP contribution in [0, 0.1) is 11.6 Å². The third-order valence-electron chi connectivity index (χ3n) is 4.16. The number of nitrogens with one attached hydrogen (secondary N) is 1. The molecule has 3 aromatic rings. The third kappa shape index (κ3) is 4.55. The molecule has 31 heavy (non-hydrogen) atoms. The molecule has 0 radical (unpaired) electrons. The van der Waals surface area contributed by atoms with Crippen LogP contribution in [0.5, 0.6) is 5.75 Å². The number of aromatic nitrogens is 1. The minimum Gasteiger partial charge on any atom is -0.508 e. The first-order valence-corrected chi connectivity index (χ1v) is 11.2. The second-order valence-corrected chi connectivity index (χ2v) is 9.11. The van der Waals surface area contributed by atoms with Gasteiger partial charge in [0.15, 0.2) is 5.82 Å². The van der Waals surface area contributed by atoms with E-state index in [-0.39, 0.29) is 26.3 Å². The smallest absolute Gasteiger partial charge is 0.427 e. The second-order valence-electron chi connectivity index (χ2n) is 6.23. The fourth-order valence-electron chi connectivity index (χ4n) is 2.74. The molecule has 13 heteroatoms. The molecule has 1 atom stereocenters. The van der Waals surface area contributed by atoms with Crippen LogP contribution in [-0.2, 0) is 10.0 Å². The van der Waals surface area contributed by atoms with Crippen LogP contribution in [0.4, 0.5) is 25.1 Å². The highest BCUT2D eigenvalue weighted by Crippen LogP contribution is 2.34. The van der Waals surface area contributed by atoms with E-state index in [9.17, 15) is 32.2 Å². The molecule has 1 aromatic heterocycles. The quantitative estimate of drug-likeness (QED) is 0.453. The van der Waals surface area contributed by atoms with Gasteiger partial charge in [0.1, 0.15) is 22.3 Å². The van der Waals surface area contributed by atoms with Crippen molar-refractivity contribution in [3.05, 3.63) is 63.4 Å². The fraction of sp³-hybridized carbons (Fsp3) is 0.111. The molecule has 3 N–H and O–H groups in total. The molecular weight excluding hydrogens is 476 g/mol. The van der Waals surface area contributed by atoms with Crippen LogP contribution in [-0.4, -0.2) is 29.7 Å². The number of hydrogen-bond acceptors (Lipinski definition) is 7. The Morgan fingerprint density at radius 3 is 2.58 bits per heavy atom. The van der Waals surface area contributed by atoms with Crippen LogP contribution in [0.2, 0.25) is 5.02 Å². The van der Waals surface area contributed by atoms with Crippen molar-refractivity contribution in [3.63, 3.8) is 0 Å². The summed E-state index contributed by atoms with van der Waals surface area (Å²) >= 11 is 7.06. The van der Waals surface area contributed by atoms with E-state index in [1.54, 1.807) is 0 Å². The summed E-state index contributed by atoms with van der Waals surface area (Å²) in [6.45, 7) is 1.52. The minimum absolute atomic E-state index is 0.0594. The van der Waals surface area contributed by atoms with Crippen molar-refractivity contribution in [1.82, 2.24) is 4.98 Å². The van der Waals surface area contributed by atoms with E-state index in [2.05, 4.69) is 10.3 Å². The topological polar surface area (TPSA) is 120 Å². The van der Waals surface area contributed by atoms with Crippen LogP contribution in [0.3, 0.4) is 0 Å². The van der Waals surface area contributed by atoms with Crippen LogP contribution in [0.15, 0.2) is 46.1 Å².